The van der Waals surface area contributed by atoms with Gasteiger partial charge in [-0.3, -0.25) is 9.52 Å². The molecule has 32 heavy (non-hydrogen) atoms. The fraction of sp³-hybridized carbons (Fsp3) is 0.125. The average molecular weight is 450 g/mol. The van der Waals surface area contributed by atoms with Gasteiger partial charge in [0.1, 0.15) is 5.75 Å². The molecule has 0 radical (unpaired) electrons. The monoisotopic (exact) mass is 449 g/mol. The summed E-state index contributed by atoms with van der Waals surface area (Å²) in [6, 6.07) is 21.9. The second kappa shape index (κ2) is 8.76. The number of benzene rings is 3. The Kier molecular flexibility index (Phi) is 5.87. The molecule has 0 spiro atoms. The summed E-state index contributed by atoms with van der Waals surface area (Å²) >= 11 is 0. The van der Waals surface area contributed by atoms with E-state index in [9.17, 15) is 13.2 Å². The maximum absolute atomic E-state index is 13.0. The molecule has 0 aromatic heterocycles. The molecule has 7 nitrogen and oxygen atoms in total. The van der Waals surface area contributed by atoms with E-state index in [-0.39, 0.29) is 11.7 Å². The van der Waals surface area contributed by atoms with Crippen LogP contribution < -0.4 is 20.1 Å². The third kappa shape index (κ3) is 4.45. The second-order valence-electron chi connectivity index (χ2n) is 7.19. The number of ether oxygens (including phenoxy) is 1. The first kappa shape index (κ1) is 21.5. The molecule has 4 rings (SSSR count). The van der Waals surface area contributed by atoms with Crippen LogP contribution in [0.25, 0.3) is 11.3 Å². The summed E-state index contributed by atoms with van der Waals surface area (Å²) in [6.07, 6.45) is 0. The van der Waals surface area contributed by atoms with E-state index in [1.165, 1.54) is 0 Å². The van der Waals surface area contributed by atoms with Crippen LogP contribution in [0, 0.1) is 0 Å². The second-order valence-corrected chi connectivity index (χ2v) is 9.20. The van der Waals surface area contributed by atoms with Crippen LogP contribution >= 0.6 is 0 Å². The molecule has 3 aromatic rings. The third-order valence-electron chi connectivity index (χ3n) is 5.09. The number of anilines is 3. The van der Waals surface area contributed by atoms with Gasteiger partial charge in [-0.2, -0.15) is 0 Å². The fourth-order valence-electron chi connectivity index (χ4n) is 3.43. The minimum Gasteiger partial charge on any atom is -0.497 e. The number of carbonyl (C=O) groups is 1. The number of rotatable bonds is 7. The molecule has 0 fully saturated rings. The Labute approximate surface area is 187 Å². The first-order chi connectivity index (χ1) is 15.4. The number of sulfonamides is 1. The molecule has 8 heteroatoms. The Morgan fingerprint density at radius 3 is 2.31 bits per heavy atom. The van der Waals surface area contributed by atoms with Gasteiger partial charge in [-0.15, -0.1) is 0 Å². The van der Waals surface area contributed by atoms with E-state index in [0.717, 1.165) is 17.0 Å². The Morgan fingerprint density at radius 1 is 0.969 bits per heavy atom. The fourth-order valence-corrected chi connectivity index (χ4v) is 4.06. The highest BCUT2D eigenvalue weighted by atomic mass is 32.2. The predicted molar refractivity (Wildman–Crippen MR) is 128 cm³/mol. The number of amides is 1. The maximum Gasteiger partial charge on any atom is 0.258 e. The van der Waals surface area contributed by atoms with E-state index >= 15 is 0 Å². The SMILES string of the molecule is CCS(=O)(=O)Nc1ccc2c(c1)/C(=C(\Nc1ccc(OC)cc1)c1ccccc1)C(=O)N2. The van der Waals surface area contributed by atoms with Gasteiger partial charge in [-0.1, -0.05) is 30.3 Å². The van der Waals surface area contributed by atoms with Gasteiger partial charge < -0.3 is 15.4 Å². The zero-order valence-electron chi connectivity index (χ0n) is 17.7. The van der Waals surface area contributed by atoms with Gasteiger partial charge in [-0.05, 0) is 55.0 Å². The number of fused-ring (bicyclic) bond motifs is 1. The number of nitrogens with one attached hydrogen (secondary N) is 3. The zero-order valence-corrected chi connectivity index (χ0v) is 18.5. The van der Waals surface area contributed by atoms with Gasteiger partial charge in [-0.25, -0.2) is 8.42 Å². The molecular weight excluding hydrogens is 426 g/mol. The average Bonchev–Trinajstić information content (AvgIpc) is 3.13. The Hall–Kier alpha value is -3.78. The van der Waals surface area contributed by atoms with E-state index in [1.807, 2.05) is 54.6 Å². The topological polar surface area (TPSA) is 96.5 Å². The summed E-state index contributed by atoms with van der Waals surface area (Å²) < 4.78 is 31.8. The van der Waals surface area contributed by atoms with Crippen LogP contribution in [0.15, 0.2) is 72.8 Å². The number of methoxy groups -OCH3 is 1. The lowest BCUT2D eigenvalue weighted by atomic mass is 9.99. The molecule has 3 N–H and O–H groups in total. The summed E-state index contributed by atoms with van der Waals surface area (Å²) in [5.41, 5.74) is 4.28. The maximum atomic E-state index is 13.0. The smallest absolute Gasteiger partial charge is 0.258 e. The van der Waals surface area contributed by atoms with Crippen molar-refractivity contribution in [2.75, 3.05) is 28.2 Å². The van der Waals surface area contributed by atoms with Gasteiger partial charge >= 0.3 is 0 Å². The standard InChI is InChI=1S/C24H23N3O4S/c1-3-32(29,30)27-18-11-14-21-20(15-18)22(24(28)26-21)23(16-7-5-4-6-8-16)25-17-9-12-19(31-2)13-10-17/h4-15,25,27H,3H2,1-2H3,(H,26,28)/b23-22+. The molecule has 164 valence electrons. The zero-order chi connectivity index (χ0) is 22.7. The quantitative estimate of drug-likeness (QED) is 0.465. The first-order valence-electron chi connectivity index (χ1n) is 10.1. The highest BCUT2D eigenvalue weighted by Crippen LogP contribution is 2.39. The summed E-state index contributed by atoms with van der Waals surface area (Å²) in [6.45, 7) is 1.57. The van der Waals surface area contributed by atoms with Crippen LogP contribution in [0.5, 0.6) is 5.75 Å². The molecule has 1 aliphatic heterocycles. The van der Waals surface area contributed by atoms with Gasteiger partial charge in [0.2, 0.25) is 10.0 Å². The van der Waals surface area contributed by atoms with Crippen molar-refractivity contribution < 1.29 is 17.9 Å². The number of hydrogen-bond acceptors (Lipinski definition) is 5. The largest absolute Gasteiger partial charge is 0.497 e. The molecule has 1 heterocycles. The van der Waals surface area contributed by atoms with E-state index in [1.54, 1.807) is 32.2 Å². The molecule has 1 amide bonds. The Morgan fingerprint density at radius 2 is 1.66 bits per heavy atom. The van der Waals surface area contributed by atoms with Crippen LogP contribution in [0.2, 0.25) is 0 Å². The van der Waals surface area contributed by atoms with Crippen molar-refractivity contribution in [2.45, 2.75) is 6.92 Å². The highest BCUT2D eigenvalue weighted by Gasteiger charge is 2.29. The Balaban J connectivity index is 1.84. The number of hydrogen-bond donors (Lipinski definition) is 3. The molecule has 0 atom stereocenters. The van der Waals surface area contributed by atoms with Crippen LogP contribution in [-0.2, 0) is 14.8 Å². The van der Waals surface area contributed by atoms with E-state index < -0.39 is 10.0 Å². The van der Waals surface area contributed by atoms with E-state index in [2.05, 4.69) is 15.4 Å². The van der Waals surface area contributed by atoms with Gasteiger partial charge in [0.15, 0.2) is 0 Å². The van der Waals surface area contributed by atoms with Crippen molar-refractivity contribution in [3.05, 3.63) is 83.9 Å². The van der Waals surface area contributed by atoms with E-state index in [0.29, 0.717) is 28.2 Å². The molecule has 0 bridgehead atoms. The lowest BCUT2D eigenvalue weighted by Gasteiger charge is -2.15. The molecule has 3 aromatic carbocycles. The van der Waals surface area contributed by atoms with Crippen LogP contribution in [0.4, 0.5) is 17.1 Å². The minimum absolute atomic E-state index is 0.0434. The molecule has 0 saturated heterocycles. The number of carbonyl (C=O) groups excluding carboxylic acids is 1. The van der Waals surface area contributed by atoms with Gasteiger partial charge in [0, 0.05) is 22.6 Å². The van der Waals surface area contributed by atoms with E-state index in [4.69, 9.17) is 4.74 Å². The molecule has 0 saturated carbocycles. The third-order valence-corrected chi connectivity index (χ3v) is 6.40. The Bertz CT molecular complexity index is 1280. The van der Waals surface area contributed by atoms with Crippen molar-refractivity contribution in [1.82, 2.24) is 0 Å². The van der Waals surface area contributed by atoms with Gasteiger partial charge in [0.25, 0.3) is 5.91 Å². The molecular formula is C24H23N3O4S. The van der Waals surface area contributed by atoms with Gasteiger partial charge in [0.05, 0.1) is 24.1 Å². The minimum atomic E-state index is -3.45. The summed E-state index contributed by atoms with van der Waals surface area (Å²) in [7, 11) is -1.85. The normalized spacial score (nSPS) is 14.4. The van der Waals surface area contributed by atoms with Crippen molar-refractivity contribution in [2.24, 2.45) is 0 Å². The lowest BCUT2D eigenvalue weighted by Crippen LogP contribution is -2.14. The lowest BCUT2D eigenvalue weighted by molar-refractivity contribution is -0.110. The van der Waals surface area contributed by atoms with Crippen molar-refractivity contribution in [3.8, 4) is 5.75 Å². The van der Waals surface area contributed by atoms with Crippen LogP contribution in [0.1, 0.15) is 18.1 Å². The van der Waals surface area contributed by atoms with Crippen molar-refractivity contribution >= 4 is 44.3 Å². The summed E-state index contributed by atoms with van der Waals surface area (Å²) in [5.74, 6) is 0.412. The molecule has 1 aliphatic rings. The summed E-state index contributed by atoms with van der Waals surface area (Å²) in [5, 5.41) is 6.24. The molecule has 0 unspecified atom stereocenters. The van der Waals surface area contributed by atoms with Crippen LogP contribution in [-0.4, -0.2) is 27.2 Å². The van der Waals surface area contributed by atoms with Crippen molar-refractivity contribution in [3.63, 3.8) is 0 Å². The molecule has 0 aliphatic carbocycles. The first-order valence-corrected chi connectivity index (χ1v) is 11.7. The predicted octanol–water partition coefficient (Wildman–Crippen LogP) is 4.39. The van der Waals surface area contributed by atoms with Crippen molar-refractivity contribution in [1.29, 1.82) is 0 Å². The highest BCUT2D eigenvalue weighted by molar-refractivity contribution is 7.92. The summed E-state index contributed by atoms with van der Waals surface area (Å²) in [4.78, 5) is 13.0. The van der Waals surface area contributed by atoms with Crippen LogP contribution in [0.3, 0.4) is 0 Å².